The number of sulfone groups is 1. The Morgan fingerprint density at radius 1 is 1.26 bits per heavy atom. The third kappa shape index (κ3) is 3.12. The van der Waals surface area contributed by atoms with Gasteiger partial charge in [0.1, 0.15) is 5.82 Å². The second-order valence-corrected chi connectivity index (χ2v) is 7.74. The molecule has 2 heterocycles. The van der Waals surface area contributed by atoms with E-state index in [1.54, 1.807) is 0 Å². The maximum absolute atomic E-state index is 12.3. The molecule has 0 radical (unpaired) electrons. The van der Waals surface area contributed by atoms with Crippen LogP contribution in [0.5, 0.6) is 0 Å². The van der Waals surface area contributed by atoms with E-state index in [0.29, 0.717) is 5.56 Å². The fourth-order valence-corrected chi connectivity index (χ4v) is 3.32. The molecular weight excluding hydrogens is 316 g/mol. The van der Waals surface area contributed by atoms with Gasteiger partial charge in [-0.15, -0.1) is 10.2 Å². The highest BCUT2D eigenvalue weighted by molar-refractivity contribution is 7.90. The second-order valence-electron chi connectivity index (χ2n) is 5.72. The van der Waals surface area contributed by atoms with E-state index in [1.165, 1.54) is 24.3 Å². The summed E-state index contributed by atoms with van der Waals surface area (Å²) >= 11 is 0. The number of fused-ring (bicyclic) bond motifs is 1. The third-order valence-corrected chi connectivity index (χ3v) is 5.05. The molecule has 2 aromatic rings. The van der Waals surface area contributed by atoms with Crippen molar-refractivity contribution >= 4 is 15.7 Å². The summed E-state index contributed by atoms with van der Waals surface area (Å²) in [5, 5.41) is 11.2. The van der Waals surface area contributed by atoms with Gasteiger partial charge in [-0.3, -0.25) is 4.79 Å². The van der Waals surface area contributed by atoms with Crippen LogP contribution in [-0.2, 0) is 22.8 Å². The molecule has 0 unspecified atom stereocenters. The molecule has 1 amide bonds. The topological polar surface area (TPSA) is 93.9 Å². The number of aryl methyl sites for hydroxylation is 1. The molecule has 1 aliphatic heterocycles. The van der Waals surface area contributed by atoms with E-state index in [0.717, 1.165) is 37.3 Å². The summed E-state index contributed by atoms with van der Waals surface area (Å²) in [5.74, 6) is 1.44. The predicted octanol–water partition coefficient (Wildman–Crippen LogP) is 1.12. The first kappa shape index (κ1) is 15.7. The molecule has 0 bridgehead atoms. The average molecular weight is 334 g/mol. The van der Waals surface area contributed by atoms with Crippen molar-refractivity contribution in [2.45, 2.75) is 37.2 Å². The number of benzene rings is 1. The molecule has 0 saturated carbocycles. The zero-order valence-electron chi connectivity index (χ0n) is 13.0. The van der Waals surface area contributed by atoms with E-state index in [2.05, 4.69) is 15.5 Å². The molecule has 122 valence electrons. The SMILES string of the molecule is C[C@H](NC(=O)c1ccc(S(C)(=O)=O)cc1)c1nnc2n1CCC2. The van der Waals surface area contributed by atoms with Crippen molar-refractivity contribution in [3.63, 3.8) is 0 Å². The number of hydrogen-bond acceptors (Lipinski definition) is 5. The Hall–Kier alpha value is -2.22. The molecule has 1 N–H and O–H groups in total. The number of rotatable bonds is 4. The molecule has 23 heavy (non-hydrogen) atoms. The standard InChI is InChI=1S/C15H18N4O3S/c1-10(14-18-17-13-4-3-9-19(13)14)16-15(20)11-5-7-12(8-6-11)23(2,21)22/h5-8,10H,3-4,9H2,1-2H3,(H,16,20)/t10-/m0/s1. The van der Waals surface area contributed by atoms with Gasteiger partial charge >= 0.3 is 0 Å². The van der Waals surface area contributed by atoms with E-state index in [9.17, 15) is 13.2 Å². The van der Waals surface area contributed by atoms with Crippen molar-refractivity contribution in [2.24, 2.45) is 0 Å². The lowest BCUT2D eigenvalue weighted by molar-refractivity contribution is 0.0937. The van der Waals surface area contributed by atoms with Gasteiger partial charge in [-0.1, -0.05) is 0 Å². The Balaban J connectivity index is 1.73. The molecule has 7 nitrogen and oxygen atoms in total. The maximum atomic E-state index is 12.3. The number of nitrogens with one attached hydrogen (secondary N) is 1. The number of amides is 1. The highest BCUT2D eigenvalue weighted by Crippen LogP contribution is 2.19. The van der Waals surface area contributed by atoms with Crippen molar-refractivity contribution in [2.75, 3.05) is 6.26 Å². The fourth-order valence-electron chi connectivity index (χ4n) is 2.69. The van der Waals surface area contributed by atoms with E-state index < -0.39 is 9.84 Å². The van der Waals surface area contributed by atoms with Crippen LogP contribution in [0.2, 0.25) is 0 Å². The van der Waals surface area contributed by atoms with Gasteiger partial charge in [-0.05, 0) is 37.6 Å². The Morgan fingerprint density at radius 3 is 2.61 bits per heavy atom. The largest absolute Gasteiger partial charge is 0.342 e. The van der Waals surface area contributed by atoms with Crippen LogP contribution >= 0.6 is 0 Å². The van der Waals surface area contributed by atoms with E-state index >= 15 is 0 Å². The molecule has 0 aliphatic carbocycles. The van der Waals surface area contributed by atoms with Crippen LogP contribution in [0.1, 0.15) is 41.4 Å². The van der Waals surface area contributed by atoms with Crippen LogP contribution in [0.25, 0.3) is 0 Å². The summed E-state index contributed by atoms with van der Waals surface area (Å²) in [6, 6.07) is 5.61. The molecule has 1 atom stereocenters. The number of nitrogens with zero attached hydrogens (tertiary/aromatic N) is 3. The molecule has 1 aromatic carbocycles. The lowest BCUT2D eigenvalue weighted by Crippen LogP contribution is -2.28. The van der Waals surface area contributed by atoms with Crippen LogP contribution in [0, 0.1) is 0 Å². The summed E-state index contributed by atoms with van der Waals surface area (Å²) in [4.78, 5) is 12.5. The minimum atomic E-state index is -3.26. The average Bonchev–Trinajstić information content (AvgIpc) is 3.09. The zero-order chi connectivity index (χ0) is 16.6. The van der Waals surface area contributed by atoms with Gasteiger partial charge in [-0.2, -0.15) is 0 Å². The Morgan fingerprint density at radius 2 is 1.96 bits per heavy atom. The third-order valence-electron chi connectivity index (χ3n) is 3.92. The van der Waals surface area contributed by atoms with Gasteiger partial charge in [-0.25, -0.2) is 8.42 Å². The van der Waals surface area contributed by atoms with E-state index in [1.807, 2.05) is 11.5 Å². The highest BCUT2D eigenvalue weighted by atomic mass is 32.2. The molecule has 3 rings (SSSR count). The Labute approximate surface area is 134 Å². The molecule has 1 aromatic heterocycles. The first-order valence-electron chi connectivity index (χ1n) is 7.39. The highest BCUT2D eigenvalue weighted by Gasteiger charge is 2.22. The van der Waals surface area contributed by atoms with Crippen LogP contribution in [0.4, 0.5) is 0 Å². The minimum absolute atomic E-state index is 0.192. The van der Waals surface area contributed by atoms with Crippen molar-refractivity contribution in [1.82, 2.24) is 20.1 Å². The molecule has 0 spiro atoms. The zero-order valence-corrected chi connectivity index (χ0v) is 13.8. The van der Waals surface area contributed by atoms with Crippen molar-refractivity contribution < 1.29 is 13.2 Å². The first-order chi connectivity index (χ1) is 10.9. The fraction of sp³-hybridized carbons (Fsp3) is 0.400. The maximum Gasteiger partial charge on any atom is 0.251 e. The normalized spacial score (nSPS) is 15.2. The monoisotopic (exact) mass is 334 g/mol. The molecule has 1 aliphatic rings. The van der Waals surface area contributed by atoms with Crippen LogP contribution in [0.15, 0.2) is 29.2 Å². The molecule has 0 saturated heterocycles. The molecule has 8 heteroatoms. The van der Waals surface area contributed by atoms with Gasteiger partial charge in [0.2, 0.25) is 0 Å². The van der Waals surface area contributed by atoms with Crippen molar-refractivity contribution in [1.29, 1.82) is 0 Å². The summed E-state index contributed by atoms with van der Waals surface area (Å²) < 4.78 is 24.9. The number of aromatic nitrogens is 3. The van der Waals surface area contributed by atoms with Gasteiger partial charge in [0.15, 0.2) is 15.7 Å². The van der Waals surface area contributed by atoms with Gasteiger partial charge < -0.3 is 9.88 Å². The second kappa shape index (κ2) is 5.77. The summed E-state index contributed by atoms with van der Waals surface area (Å²) in [6.45, 7) is 2.74. The van der Waals surface area contributed by atoms with Gasteiger partial charge in [0, 0.05) is 24.8 Å². The minimum Gasteiger partial charge on any atom is -0.342 e. The van der Waals surface area contributed by atoms with Crippen molar-refractivity contribution in [3.05, 3.63) is 41.5 Å². The summed E-state index contributed by atoms with van der Waals surface area (Å²) in [6.07, 6.45) is 3.10. The van der Waals surface area contributed by atoms with Crippen LogP contribution < -0.4 is 5.32 Å². The van der Waals surface area contributed by atoms with E-state index in [4.69, 9.17) is 0 Å². The number of carbonyl (C=O) groups excluding carboxylic acids is 1. The molecule has 0 fully saturated rings. The van der Waals surface area contributed by atoms with Gasteiger partial charge in [0.05, 0.1) is 10.9 Å². The first-order valence-corrected chi connectivity index (χ1v) is 9.28. The summed E-state index contributed by atoms with van der Waals surface area (Å²) in [5.41, 5.74) is 0.408. The summed E-state index contributed by atoms with van der Waals surface area (Å²) in [7, 11) is -3.26. The van der Waals surface area contributed by atoms with Crippen LogP contribution in [0.3, 0.4) is 0 Å². The quantitative estimate of drug-likeness (QED) is 0.904. The Kier molecular flexibility index (Phi) is 3.93. The van der Waals surface area contributed by atoms with Crippen LogP contribution in [-0.4, -0.2) is 35.3 Å². The Bertz CT molecular complexity index is 840. The smallest absolute Gasteiger partial charge is 0.251 e. The van der Waals surface area contributed by atoms with Crippen molar-refractivity contribution in [3.8, 4) is 0 Å². The van der Waals surface area contributed by atoms with Gasteiger partial charge in [0.25, 0.3) is 5.91 Å². The number of carbonyl (C=O) groups is 1. The number of hydrogen-bond donors (Lipinski definition) is 1. The lowest BCUT2D eigenvalue weighted by Gasteiger charge is -2.14. The lowest BCUT2D eigenvalue weighted by atomic mass is 10.2. The van der Waals surface area contributed by atoms with E-state index in [-0.39, 0.29) is 16.8 Å². The molecular formula is C15H18N4O3S. The predicted molar refractivity (Wildman–Crippen MR) is 83.8 cm³/mol.